The lowest BCUT2D eigenvalue weighted by molar-refractivity contribution is -0.120. The van der Waals surface area contributed by atoms with Gasteiger partial charge in [0.15, 0.2) is 9.84 Å². The third kappa shape index (κ3) is 4.45. The highest BCUT2D eigenvalue weighted by Gasteiger charge is 2.23. The summed E-state index contributed by atoms with van der Waals surface area (Å²) >= 11 is 0. The smallest absolute Gasteiger partial charge is 0.339 e. The number of carbonyl (C=O) groups is 2. The molecule has 1 aromatic carbocycles. The van der Waals surface area contributed by atoms with Gasteiger partial charge >= 0.3 is 5.97 Å². The Hall–Kier alpha value is -2.09. The first-order chi connectivity index (χ1) is 9.66. The first-order valence-electron chi connectivity index (χ1n) is 6.03. The lowest BCUT2D eigenvalue weighted by Crippen LogP contribution is -2.37. The molecule has 21 heavy (non-hydrogen) atoms. The van der Waals surface area contributed by atoms with Crippen LogP contribution >= 0.6 is 0 Å². The molecule has 0 bridgehead atoms. The van der Waals surface area contributed by atoms with E-state index in [0.717, 1.165) is 6.26 Å². The SMILES string of the molecule is COc1ccc(CNC(=O)C(C)S(C)(=O)=O)cc1C(=O)O. The Kier molecular flexibility index (Phi) is 5.31. The van der Waals surface area contributed by atoms with Gasteiger partial charge in [0.1, 0.15) is 16.6 Å². The predicted molar refractivity (Wildman–Crippen MR) is 76.1 cm³/mol. The summed E-state index contributed by atoms with van der Waals surface area (Å²) < 4.78 is 27.4. The van der Waals surface area contributed by atoms with Crippen molar-refractivity contribution in [3.8, 4) is 5.75 Å². The lowest BCUT2D eigenvalue weighted by atomic mass is 10.1. The molecule has 0 saturated carbocycles. The van der Waals surface area contributed by atoms with E-state index in [4.69, 9.17) is 9.84 Å². The van der Waals surface area contributed by atoms with Gasteiger partial charge in [0, 0.05) is 12.8 Å². The summed E-state index contributed by atoms with van der Waals surface area (Å²) in [6, 6.07) is 4.44. The van der Waals surface area contributed by atoms with Crippen molar-refractivity contribution in [2.24, 2.45) is 0 Å². The fourth-order valence-electron chi connectivity index (χ4n) is 1.56. The van der Waals surface area contributed by atoms with E-state index >= 15 is 0 Å². The molecule has 0 radical (unpaired) electrons. The maximum absolute atomic E-state index is 11.7. The number of rotatable bonds is 6. The van der Waals surface area contributed by atoms with Crippen LogP contribution in [0.25, 0.3) is 0 Å². The minimum atomic E-state index is -3.46. The molecular weight excluding hydrogens is 298 g/mol. The van der Waals surface area contributed by atoms with Crippen molar-refractivity contribution in [1.29, 1.82) is 0 Å². The molecule has 1 aromatic rings. The topological polar surface area (TPSA) is 110 Å². The summed E-state index contributed by atoms with van der Waals surface area (Å²) in [7, 11) is -2.11. The number of methoxy groups -OCH3 is 1. The van der Waals surface area contributed by atoms with Crippen molar-refractivity contribution in [1.82, 2.24) is 5.32 Å². The molecule has 1 amide bonds. The average Bonchev–Trinajstić information content (AvgIpc) is 2.42. The van der Waals surface area contributed by atoms with E-state index in [1.54, 1.807) is 6.07 Å². The molecule has 1 atom stereocenters. The molecule has 0 saturated heterocycles. The number of hydrogen-bond donors (Lipinski definition) is 2. The highest BCUT2D eigenvalue weighted by Crippen LogP contribution is 2.19. The standard InChI is InChI=1S/C13H17NO6S/c1-8(21(3,18)19)12(15)14-7-9-4-5-11(20-2)10(6-9)13(16)17/h4-6,8H,7H2,1-3H3,(H,14,15)(H,16,17). The molecule has 0 aliphatic carbocycles. The number of aromatic carboxylic acids is 1. The van der Waals surface area contributed by atoms with Crippen LogP contribution in [0.4, 0.5) is 0 Å². The molecule has 7 nitrogen and oxygen atoms in total. The van der Waals surface area contributed by atoms with Crippen LogP contribution in [0.2, 0.25) is 0 Å². The molecule has 2 N–H and O–H groups in total. The van der Waals surface area contributed by atoms with Gasteiger partial charge in [-0.2, -0.15) is 0 Å². The van der Waals surface area contributed by atoms with E-state index in [1.165, 1.54) is 26.2 Å². The minimum Gasteiger partial charge on any atom is -0.496 e. The summed E-state index contributed by atoms with van der Waals surface area (Å²) in [5.74, 6) is -1.57. The Morgan fingerprint density at radius 1 is 1.38 bits per heavy atom. The van der Waals surface area contributed by atoms with Gasteiger partial charge in [-0.05, 0) is 24.6 Å². The van der Waals surface area contributed by atoms with Gasteiger partial charge in [-0.3, -0.25) is 4.79 Å². The lowest BCUT2D eigenvalue weighted by Gasteiger charge is -2.11. The summed E-state index contributed by atoms with van der Waals surface area (Å²) in [5.41, 5.74) is 0.502. The first kappa shape index (κ1) is 17.0. The number of carboxylic acid groups (broad SMARTS) is 1. The largest absolute Gasteiger partial charge is 0.496 e. The molecule has 0 aromatic heterocycles. The number of nitrogens with one attached hydrogen (secondary N) is 1. The Morgan fingerprint density at radius 3 is 2.48 bits per heavy atom. The van der Waals surface area contributed by atoms with Crippen LogP contribution in [0.15, 0.2) is 18.2 Å². The maximum atomic E-state index is 11.7. The van der Waals surface area contributed by atoms with E-state index in [0.29, 0.717) is 5.56 Å². The van der Waals surface area contributed by atoms with Crippen LogP contribution in [0.5, 0.6) is 5.75 Å². The summed E-state index contributed by atoms with van der Waals surface area (Å²) in [5, 5.41) is 10.3. The van der Waals surface area contributed by atoms with E-state index in [2.05, 4.69) is 5.32 Å². The molecule has 0 fully saturated rings. The van der Waals surface area contributed by atoms with E-state index < -0.39 is 27.0 Å². The quantitative estimate of drug-likeness (QED) is 0.788. The zero-order chi connectivity index (χ0) is 16.2. The van der Waals surface area contributed by atoms with Gasteiger partial charge in [-0.1, -0.05) is 6.07 Å². The van der Waals surface area contributed by atoms with Gasteiger partial charge in [0.25, 0.3) is 0 Å². The van der Waals surface area contributed by atoms with Gasteiger partial charge in [0.2, 0.25) is 5.91 Å². The van der Waals surface area contributed by atoms with E-state index in [1.807, 2.05) is 0 Å². The molecule has 1 unspecified atom stereocenters. The summed E-state index contributed by atoms with van der Waals surface area (Å²) in [6.45, 7) is 1.32. The number of amides is 1. The Balaban J connectivity index is 2.84. The van der Waals surface area contributed by atoms with Crippen LogP contribution in [0.3, 0.4) is 0 Å². The first-order valence-corrected chi connectivity index (χ1v) is 7.99. The van der Waals surface area contributed by atoms with Gasteiger partial charge in [-0.25, -0.2) is 13.2 Å². The number of ether oxygens (including phenoxy) is 1. The van der Waals surface area contributed by atoms with Crippen molar-refractivity contribution in [3.05, 3.63) is 29.3 Å². The van der Waals surface area contributed by atoms with Gasteiger partial charge in [0.05, 0.1) is 7.11 Å². The number of benzene rings is 1. The number of carboxylic acids is 1. The average molecular weight is 315 g/mol. The number of hydrogen-bond acceptors (Lipinski definition) is 5. The molecule has 0 aliphatic rings. The van der Waals surface area contributed by atoms with Crippen molar-refractivity contribution in [3.63, 3.8) is 0 Å². The molecular formula is C13H17NO6S. The van der Waals surface area contributed by atoms with E-state index in [-0.39, 0.29) is 17.9 Å². The summed E-state index contributed by atoms with van der Waals surface area (Å²) in [6.07, 6.45) is 0.979. The number of sulfone groups is 1. The normalized spacial score (nSPS) is 12.5. The van der Waals surface area contributed by atoms with Crippen LogP contribution in [-0.4, -0.2) is 44.0 Å². The van der Waals surface area contributed by atoms with Gasteiger partial charge in [-0.15, -0.1) is 0 Å². The zero-order valence-corrected chi connectivity index (χ0v) is 12.7. The molecule has 116 valence electrons. The molecule has 0 aliphatic heterocycles. The van der Waals surface area contributed by atoms with Crippen LogP contribution in [-0.2, 0) is 21.2 Å². The minimum absolute atomic E-state index is 0.0274. The summed E-state index contributed by atoms with van der Waals surface area (Å²) in [4.78, 5) is 22.7. The highest BCUT2D eigenvalue weighted by molar-refractivity contribution is 7.92. The predicted octanol–water partition coefficient (Wildman–Crippen LogP) is 0.443. The van der Waals surface area contributed by atoms with Gasteiger partial charge < -0.3 is 15.2 Å². The van der Waals surface area contributed by atoms with Crippen LogP contribution < -0.4 is 10.1 Å². The van der Waals surface area contributed by atoms with Crippen LogP contribution in [0, 0.1) is 0 Å². The molecule has 1 rings (SSSR count). The van der Waals surface area contributed by atoms with Crippen molar-refractivity contribution >= 4 is 21.7 Å². The van der Waals surface area contributed by atoms with Crippen molar-refractivity contribution in [2.45, 2.75) is 18.7 Å². The number of carbonyl (C=O) groups excluding carboxylic acids is 1. The monoisotopic (exact) mass is 315 g/mol. The zero-order valence-electron chi connectivity index (χ0n) is 11.9. The third-order valence-corrected chi connectivity index (χ3v) is 4.47. The molecule has 0 spiro atoms. The second kappa shape index (κ2) is 6.57. The fraction of sp³-hybridized carbons (Fsp3) is 0.385. The van der Waals surface area contributed by atoms with E-state index in [9.17, 15) is 18.0 Å². The molecule has 8 heteroatoms. The highest BCUT2D eigenvalue weighted by atomic mass is 32.2. The second-order valence-corrected chi connectivity index (χ2v) is 6.90. The maximum Gasteiger partial charge on any atom is 0.339 e. The Bertz CT molecular complexity index is 653. The fourth-order valence-corrected chi connectivity index (χ4v) is 2.03. The second-order valence-electron chi connectivity index (χ2n) is 4.53. The molecule has 0 heterocycles. The Morgan fingerprint density at radius 2 is 2.00 bits per heavy atom. The van der Waals surface area contributed by atoms with Crippen LogP contribution in [0.1, 0.15) is 22.8 Å². The van der Waals surface area contributed by atoms with Crippen molar-refractivity contribution < 1.29 is 27.9 Å². The Labute approximate surface area is 122 Å². The van der Waals surface area contributed by atoms with Crippen molar-refractivity contribution in [2.75, 3.05) is 13.4 Å². The third-order valence-electron chi connectivity index (χ3n) is 2.97.